The highest BCUT2D eigenvalue weighted by molar-refractivity contribution is 5.89. The van der Waals surface area contributed by atoms with E-state index in [0.29, 0.717) is 0 Å². The number of likely N-dealkylation sites (tertiary alicyclic amines) is 1. The smallest absolute Gasteiger partial charge is 0.317 e. The van der Waals surface area contributed by atoms with Gasteiger partial charge in [0, 0.05) is 12.2 Å². The zero-order chi connectivity index (χ0) is 15.5. The minimum Gasteiger partial charge on any atom is -0.317 e. The molecule has 0 aliphatic carbocycles. The van der Waals surface area contributed by atoms with E-state index in [1.54, 1.807) is 12.1 Å². The van der Waals surface area contributed by atoms with Crippen molar-refractivity contribution >= 4 is 11.7 Å². The Bertz CT molecular complexity index is 652. The average molecular weight is 298 g/mol. The van der Waals surface area contributed by atoms with Gasteiger partial charge in [0.1, 0.15) is 5.82 Å². The van der Waals surface area contributed by atoms with Crippen molar-refractivity contribution in [2.24, 2.45) is 0 Å². The van der Waals surface area contributed by atoms with Crippen LogP contribution < -0.4 is 5.32 Å². The minimum absolute atomic E-state index is 0.0195. The molecular weight excluding hydrogens is 279 g/mol. The zero-order valence-electron chi connectivity index (χ0n) is 12.6. The van der Waals surface area contributed by atoms with E-state index in [1.165, 1.54) is 12.1 Å². The molecule has 0 bridgehead atoms. The van der Waals surface area contributed by atoms with Crippen molar-refractivity contribution in [3.8, 4) is 0 Å². The lowest BCUT2D eigenvalue weighted by Gasteiger charge is -2.25. The molecule has 0 saturated carbocycles. The second kappa shape index (κ2) is 6.18. The summed E-state index contributed by atoms with van der Waals surface area (Å²) in [6.45, 7) is 2.73. The summed E-state index contributed by atoms with van der Waals surface area (Å²) in [5.74, 6) is -0.252. The number of urea groups is 1. The van der Waals surface area contributed by atoms with Crippen molar-refractivity contribution < 1.29 is 9.18 Å². The van der Waals surface area contributed by atoms with Crippen LogP contribution in [0, 0.1) is 12.7 Å². The van der Waals surface area contributed by atoms with Crippen LogP contribution in [0.3, 0.4) is 0 Å². The number of nitrogens with one attached hydrogen (secondary N) is 1. The molecule has 2 aromatic carbocycles. The summed E-state index contributed by atoms with van der Waals surface area (Å²) in [5.41, 5.74) is 2.93. The predicted octanol–water partition coefficient (Wildman–Crippen LogP) is 4.50. The molecule has 0 spiro atoms. The Kier molecular flexibility index (Phi) is 4.09. The summed E-state index contributed by atoms with van der Waals surface area (Å²) in [5, 5.41) is 2.94. The van der Waals surface area contributed by atoms with Crippen LogP contribution in [0.4, 0.5) is 14.9 Å². The molecule has 1 heterocycles. The Morgan fingerprint density at radius 1 is 1.14 bits per heavy atom. The van der Waals surface area contributed by atoms with Gasteiger partial charge in [-0.05, 0) is 49.6 Å². The third-order valence-electron chi connectivity index (χ3n) is 4.07. The minimum atomic E-state index is -0.252. The third kappa shape index (κ3) is 3.11. The van der Waals surface area contributed by atoms with Crippen LogP contribution in [-0.4, -0.2) is 17.5 Å². The van der Waals surface area contributed by atoms with Crippen molar-refractivity contribution in [3.63, 3.8) is 0 Å². The lowest BCUT2D eigenvalue weighted by atomic mass is 10.0. The van der Waals surface area contributed by atoms with E-state index >= 15 is 0 Å². The van der Waals surface area contributed by atoms with E-state index in [9.17, 15) is 9.18 Å². The zero-order valence-corrected chi connectivity index (χ0v) is 12.6. The largest absolute Gasteiger partial charge is 0.322 e. The standard InChI is InChI=1S/C18H19FN2O/c1-13-4-10-16(11-5-13)20-18(22)21-12-2-3-17(21)14-6-8-15(19)9-7-14/h4-11,17H,2-3,12H2,1H3,(H,20,22). The fourth-order valence-electron chi connectivity index (χ4n) is 2.87. The molecule has 4 heteroatoms. The summed E-state index contributed by atoms with van der Waals surface area (Å²) >= 11 is 0. The third-order valence-corrected chi connectivity index (χ3v) is 4.07. The van der Waals surface area contributed by atoms with Gasteiger partial charge in [0.15, 0.2) is 0 Å². The molecular formula is C18H19FN2O. The van der Waals surface area contributed by atoms with Crippen molar-refractivity contribution in [1.29, 1.82) is 0 Å². The van der Waals surface area contributed by atoms with E-state index < -0.39 is 0 Å². The number of aryl methyl sites for hydroxylation is 1. The number of nitrogens with zero attached hydrogens (tertiary/aromatic N) is 1. The van der Waals surface area contributed by atoms with Gasteiger partial charge in [-0.25, -0.2) is 9.18 Å². The first-order valence-corrected chi connectivity index (χ1v) is 7.53. The second-order valence-electron chi connectivity index (χ2n) is 5.70. The molecule has 3 nitrogen and oxygen atoms in total. The Labute approximate surface area is 129 Å². The molecule has 1 unspecified atom stereocenters. The summed E-state index contributed by atoms with van der Waals surface area (Å²) in [6.07, 6.45) is 1.87. The first kappa shape index (κ1) is 14.6. The number of amides is 2. The number of carbonyl (C=O) groups is 1. The van der Waals surface area contributed by atoms with E-state index in [4.69, 9.17) is 0 Å². The van der Waals surface area contributed by atoms with Crippen molar-refractivity contribution in [3.05, 3.63) is 65.5 Å². The summed E-state index contributed by atoms with van der Waals surface area (Å²) in [6, 6.07) is 14.1. The second-order valence-corrected chi connectivity index (χ2v) is 5.70. The highest BCUT2D eigenvalue weighted by Crippen LogP contribution is 2.32. The van der Waals surface area contributed by atoms with Crippen LogP contribution in [0.1, 0.15) is 30.0 Å². The number of hydrogen-bond donors (Lipinski definition) is 1. The first-order valence-electron chi connectivity index (χ1n) is 7.53. The van der Waals surface area contributed by atoms with E-state index in [2.05, 4.69) is 5.32 Å². The Morgan fingerprint density at radius 3 is 2.50 bits per heavy atom. The van der Waals surface area contributed by atoms with Crippen molar-refractivity contribution in [2.45, 2.75) is 25.8 Å². The van der Waals surface area contributed by atoms with Gasteiger partial charge in [-0.2, -0.15) is 0 Å². The molecule has 2 amide bonds. The van der Waals surface area contributed by atoms with Gasteiger partial charge in [0.25, 0.3) is 0 Å². The molecule has 1 N–H and O–H groups in total. The van der Waals surface area contributed by atoms with Gasteiger partial charge in [-0.3, -0.25) is 0 Å². The number of anilines is 1. The summed E-state index contributed by atoms with van der Waals surface area (Å²) in [7, 11) is 0. The van der Waals surface area contributed by atoms with Crippen molar-refractivity contribution in [2.75, 3.05) is 11.9 Å². The van der Waals surface area contributed by atoms with Crippen LogP contribution >= 0.6 is 0 Å². The Hall–Kier alpha value is -2.36. The maximum absolute atomic E-state index is 13.1. The normalized spacial score (nSPS) is 17.5. The fraction of sp³-hybridized carbons (Fsp3) is 0.278. The van der Waals surface area contributed by atoms with Gasteiger partial charge in [-0.15, -0.1) is 0 Å². The number of carbonyl (C=O) groups excluding carboxylic acids is 1. The highest BCUT2D eigenvalue weighted by Gasteiger charge is 2.29. The average Bonchev–Trinajstić information content (AvgIpc) is 3.00. The van der Waals surface area contributed by atoms with Crippen LogP contribution in [0.15, 0.2) is 48.5 Å². The number of halogens is 1. The van der Waals surface area contributed by atoms with E-state index in [-0.39, 0.29) is 17.9 Å². The summed E-state index contributed by atoms with van der Waals surface area (Å²) in [4.78, 5) is 14.3. The molecule has 1 fully saturated rings. The van der Waals surface area contributed by atoms with Gasteiger partial charge in [0.2, 0.25) is 0 Å². The molecule has 22 heavy (non-hydrogen) atoms. The van der Waals surface area contributed by atoms with E-state index in [0.717, 1.165) is 36.2 Å². The van der Waals surface area contributed by atoms with Gasteiger partial charge >= 0.3 is 6.03 Å². The van der Waals surface area contributed by atoms with Gasteiger partial charge in [-0.1, -0.05) is 29.8 Å². The van der Waals surface area contributed by atoms with Crippen LogP contribution in [0.25, 0.3) is 0 Å². The topological polar surface area (TPSA) is 32.3 Å². The SMILES string of the molecule is Cc1ccc(NC(=O)N2CCCC2c2ccc(F)cc2)cc1. The Morgan fingerprint density at radius 2 is 1.82 bits per heavy atom. The highest BCUT2D eigenvalue weighted by atomic mass is 19.1. The van der Waals surface area contributed by atoms with Crippen LogP contribution in [0.5, 0.6) is 0 Å². The fourth-order valence-corrected chi connectivity index (χ4v) is 2.87. The molecule has 1 aliphatic rings. The summed E-state index contributed by atoms with van der Waals surface area (Å²) < 4.78 is 13.1. The van der Waals surface area contributed by atoms with Crippen LogP contribution in [-0.2, 0) is 0 Å². The monoisotopic (exact) mass is 298 g/mol. The van der Waals surface area contributed by atoms with Crippen molar-refractivity contribution in [1.82, 2.24) is 4.90 Å². The molecule has 1 atom stereocenters. The van der Waals surface area contributed by atoms with Gasteiger partial charge < -0.3 is 10.2 Å². The predicted molar refractivity (Wildman–Crippen MR) is 85.3 cm³/mol. The number of rotatable bonds is 2. The van der Waals surface area contributed by atoms with E-state index in [1.807, 2.05) is 36.1 Å². The molecule has 2 aromatic rings. The number of benzene rings is 2. The maximum atomic E-state index is 13.1. The van der Waals surface area contributed by atoms with Gasteiger partial charge in [0.05, 0.1) is 6.04 Å². The molecule has 0 radical (unpaired) electrons. The number of hydrogen-bond acceptors (Lipinski definition) is 1. The quantitative estimate of drug-likeness (QED) is 0.869. The molecule has 1 saturated heterocycles. The lowest BCUT2D eigenvalue weighted by Crippen LogP contribution is -2.34. The molecule has 114 valence electrons. The molecule has 1 aliphatic heterocycles. The first-order chi connectivity index (χ1) is 10.6. The maximum Gasteiger partial charge on any atom is 0.322 e. The molecule has 0 aromatic heterocycles. The Balaban J connectivity index is 1.73. The lowest BCUT2D eigenvalue weighted by molar-refractivity contribution is 0.207. The molecule has 3 rings (SSSR count). The van der Waals surface area contributed by atoms with Crippen LogP contribution in [0.2, 0.25) is 0 Å².